The Labute approximate surface area is 127 Å². The molecule has 0 spiro atoms. The number of H-pyrrole nitrogens is 1. The van der Waals surface area contributed by atoms with Gasteiger partial charge < -0.3 is 10.3 Å². The quantitative estimate of drug-likeness (QED) is 0.806. The van der Waals surface area contributed by atoms with Crippen molar-refractivity contribution in [2.24, 2.45) is 0 Å². The number of carbonyl (C=O) groups is 1. The first-order chi connectivity index (χ1) is 10.1. The van der Waals surface area contributed by atoms with Gasteiger partial charge in [-0.25, -0.2) is 9.37 Å². The molecule has 0 fully saturated rings. The number of carbonyl (C=O) groups excluding carboxylic acids is 1. The van der Waals surface area contributed by atoms with Gasteiger partial charge in [-0.1, -0.05) is 18.7 Å². The van der Waals surface area contributed by atoms with Gasteiger partial charge in [0.1, 0.15) is 5.82 Å². The number of nitrogens with one attached hydrogen (secondary N) is 2. The Morgan fingerprint density at radius 2 is 2.14 bits per heavy atom. The fourth-order valence-electron chi connectivity index (χ4n) is 1.70. The molecule has 2 rings (SSSR count). The van der Waals surface area contributed by atoms with Gasteiger partial charge in [0, 0.05) is 6.04 Å². The predicted molar refractivity (Wildman–Crippen MR) is 82.6 cm³/mol. The van der Waals surface area contributed by atoms with Crippen LogP contribution < -0.4 is 5.32 Å². The van der Waals surface area contributed by atoms with Gasteiger partial charge in [0.15, 0.2) is 5.16 Å². The first kappa shape index (κ1) is 15.6. The lowest BCUT2D eigenvalue weighted by Gasteiger charge is -2.10. The highest BCUT2D eigenvalue weighted by Crippen LogP contribution is 2.21. The number of hydrogen-bond donors (Lipinski definition) is 2. The molecule has 6 heteroatoms. The second kappa shape index (κ2) is 7.26. The molecule has 0 aliphatic rings. The molecule has 1 heterocycles. The van der Waals surface area contributed by atoms with Crippen LogP contribution in [0.1, 0.15) is 20.3 Å². The average Bonchev–Trinajstić information content (AvgIpc) is 2.94. The summed E-state index contributed by atoms with van der Waals surface area (Å²) in [6.45, 7) is 4.00. The Hall–Kier alpha value is -1.82. The third-order valence-electron chi connectivity index (χ3n) is 3.07. The molecule has 1 amide bonds. The van der Waals surface area contributed by atoms with Crippen molar-refractivity contribution in [3.63, 3.8) is 0 Å². The molecule has 112 valence electrons. The van der Waals surface area contributed by atoms with Crippen LogP contribution in [0.2, 0.25) is 0 Å². The van der Waals surface area contributed by atoms with Gasteiger partial charge in [-0.05, 0) is 43.2 Å². The molecule has 0 radical (unpaired) electrons. The molecule has 1 aromatic heterocycles. The number of aromatic amines is 1. The number of nitrogens with zero attached hydrogens (tertiary/aromatic N) is 1. The van der Waals surface area contributed by atoms with E-state index in [1.54, 1.807) is 18.3 Å². The molecule has 0 saturated carbocycles. The number of aromatic nitrogens is 2. The van der Waals surface area contributed by atoms with Gasteiger partial charge in [-0.3, -0.25) is 4.79 Å². The molecule has 0 aliphatic heterocycles. The zero-order chi connectivity index (χ0) is 15.2. The van der Waals surface area contributed by atoms with E-state index in [-0.39, 0.29) is 17.8 Å². The smallest absolute Gasteiger partial charge is 0.230 e. The minimum absolute atomic E-state index is 0.00548. The van der Waals surface area contributed by atoms with Gasteiger partial charge in [-0.2, -0.15) is 0 Å². The number of hydrogen-bond acceptors (Lipinski definition) is 3. The number of halogens is 1. The van der Waals surface area contributed by atoms with E-state index in [1.165, 1.54) is 23.9 Å². The van der Waals surface area contributed by atoms with Crippen LogP contribution in [-0.4, -0.2) is 27.7 Å². The number of amides is 1. The van der Waals surface area contributed by atoms with Crippen molar-refractivity contribution in [1.82, 2.24) is 15.3 Å². The summed E-state index contributed by atoms with van der Waals surface area (Å²) >= 11 is 1.35. The van der Waals surface area contributed by atoms with E-state index in [9.17, 15) is 9.18 Å². The van der Waals surface area contributed by atoms with E-state index in [4.69, 9.17) is 0 Å². The van der Waals surface area contributed by atoms with E-state index in [0.717, 1.165) is 17.7 Å². The third kappa shape index (κ3) is 4.60. The fourth-order valence-corrected chi connectivity index (χ4v) is 2.37. The SMILES string of the molecule is CC[C@H](C)NC(=O)CSc1ncc(-c2ccc(F)cc2)[nH]1. The molecule has 0 aliphatic carbocycles. The molecule has 2 aromatic rings. The van der Waals surface area contributed by atoms with Crippen LogP contribution in [0, 0.1) is 5.82 Å². The first-order valence-electron chi connectivity index (χ1n) is 6.81. The molecule has 21 heavy (non-hydrogen) atoms. The van der Waals surface area contributed by atoms with Gasteiger partial charge in [-0.15, -0.1) is 0 Å². The zero-order valence-corrected chi connectivity index (χ0v) is 12.8. The summed E-state index contributed by atoms with van der Waals surface area (Å²) in [5, 5.41) is 3.58. The fraction of sp³-hybridized carbons (Fsp3) is 0.333. The number of thioether (sulfide) groups is 1. The molecule has 0 unspecified atom stereocenters. The van der Waals surface area contributed by atoms with Crippen LogP contribution in [-0.2, 0) is 4.79 Å². The first-order valence-corrected chi connectivity index (χ1v) is 7.80. The minimum atomic E-state index is -0.269. The Bertz CT molecular complexity index is 597. The number of rotatable bonds is 6. The third-order valence-corrected chi connectivity index (χ3v) is 3.95. The van der Waals surface area contributed by atoms with Crippen molar-refractivity contribution in [3.05, 3.63) is 36.3 Å². The van der Waals surface area contributed by atoms with Crippen molar-refractivity contribution in [2.75, 3.05) is 5.75 Å². The Kier molecular flexibility index (Phi) is 5.38. The standard InChI is InChI=1S/C15H18FN3OS/c1-3-10(2)18-14(20)9-21-15-17-8-13(19-15)11-4-6-12(16)7-5-11/h4-8,10H,3,9H2,1-2H3,(H,17,19)(H,18,20)/t10-/m0/s1. The molecule has 0 bridgehead atoms. The van der Waals surface area contributed by atoms with Crippen LogP contribution >= 0.6 is 11.8 Å². The highest BCUT2D eigenvalue weighted by molar-refractivity contribution is 7.99. The lowest BCUT2D eigenvalue weighted by atomic mass is 10.2. The maximum absolute atomic E-state index is 12.9. The second-order valence-electron chi connectivity index (χ2n) is 4.77. The highest BCUT2D eigenvalue weighted by atomic mass is 32.2. The van der Waals surface area contributed by atoms with Gasteiger partial charge in [0.05, 0.1) is 17.6 Å². The molecule has 0 saturated heterocycles. The maximum Gasteiger partial charge on any atom is 0.230 e. The largest absolute Gasteiger partial charge is 0.353 e. The van der Waals surface area contributed by atoms with E-state index >= 15 is 0 Å². The van der Waals surface area contributed by atoms with Crippen LogP contribution in [0.5, 0.6) is 0 Å². The molecule has 2 N–H and O–H groups in total. The molecular formula is C15H18FN3OS. The van der Waals surface area contributed by atoms with Gasteiger partial charge in [0.25, 0.3) is 0 Å². The van der Waals surface area contributed by atoms with Crippen LogP contribution in [0.15, 0.2) is 35.6 Å². The summed E-state index contributed by atoms with van der Waals surface area (Å²) in [5.74, 6) is 0.0458. The normalized spacial score (nSPS) is 12.1. The van der Waals surface area contributed by atoms with E-state index in [0.29, 0.717) is 10.9 Å². The van der Waals surface area contributed by atoms with Crippen molar-refractivity contribution >= 4 is 17.7 Å². The monoisotopic (exact) mass is 307 g/mol. The van der Waals surface area contributed by atoms with Gasteiger partial charge >= 0.3 is 0 Å². The molecule has 4 nitrogen and oxygen atoms in total. The van der Waals surface area contributed by atoms with Crippen molar-refractivity contribution in [2.45, 2.75) is 31.5 Å². The Balaban J connectivity index is 1.91. The number of imidazole rings is 1. The highest BCUT2D eigenvalue weighted by Gasteiger charge is 2.09. The molecular weight excluding hydrogens is 289 g/mol. The zero-order valence-electron chi connectivity index (χ0n) is 12.0. The maximum atomic E-state index is 12.9. The second-order valence-corrected chi connectivity index (χ2v) is 5.74. The summed E-state index contributed by atoms with van der Waals surface area (Å²) in [6, 6.07) is 6.37. The molecule has 1 aromatic carbocycles. The topological polar surface area (TPSA) is 57.8 Å². The van der Waals surface area contributed by atoms with Crippen LogP contribution in [0.3, 0.4) is 0 Å². The van der Waals surface area contributed by atoms with Crippen molar-refractivity contribution in [3.8, 4) is 11.3 Å². The Morgan fingerprint density at radius 3 is 2.81 bits per heavy atom. The Morgan fingerprint density at radius 1 is 1.43 bits per heavy atom. The lowest BCUT2D eigenvalue weighted by Crippen LogP contribution is -2.33. The van der Waals surface area contributed by atoms with E-state index < -0.39 is 0 Å². The predicted octanol–water partition coefficient (Wildman–Crippen LogP) is 3.22. The summed E-state index contributed by atoms with van der Waals surface area (Å²) in [4.78, 5) is 19.0. The van der Waals surface area contributed by atoms with Crippen LogP contribution in [0.4, 0.5) is 4.39 Å². The van der Waals surface area contributed by atoms with Crippen LogP contribution in [0.25, 0.3) is 11.3 Å². The minimum Gasteiger partial charge on any atom is -0.353 e. The van der Waals surface area contributed by atoms with E-state index in [2.05, 4.69) is 15.3 Å². The molecule has 1 atom stereocenters. The summed E-state index contributed by atoms with van der Waals surface area (Å²) in [7, 11) is 0. The van der Waals surface area contributed by atoms with Crippen molar-refractivity contribution < 1.29 is 9.18 Å². The number of benzene rings is 1. The summed E-state index contributed by atoms with van der Waals surface area (Å²) < 4.78 is 12.9. The van der Waals surface area contributed by atoms with Crippen molar-refractivity contribution in [1.29, 1.82) is 0 Å². The lowest BCUT2D eigenvalue weighted by molar-refractivity contribution is -0.119. The summed E-state index contributed by atoms with van der Waals surface area (Å²) in [6.07, 6.45) is 2.59. The van der Waals surface area contributed by atoms with E-state index in [1.807, 2.05) is 13.8 Å². The summed E-state index contributed by atoms with van der Waals surface area (Å²) in [5.41, 5.74) is 1.67. The van der Waals surface area contributed by atoms with Gasteiger partial charge in [0.2, 0.25) is 5.91 Å². The average molecular weight is 307 g/mol.